The number of hydrogen-bond acceptors (Lipinski definition) is 0. The van der Waals surface area contributed by atoms with E-state index in [0.29, 0.717) is 0 Å². The average Bonchev–Trinajstić information content (AvgIpc) is 3.02. The first-order valence-corrected chi connectivity index (χ1v) is 9.35. The second-order valence-corrected chi connectivity index (χ2v) is 7.27. The fraction of sp³-hybridized carbons (Fsp3) is 0.0833. The fourth-order valence-electron chi connectivity index (χ4n) is 3.91. The molecule has 0 fully saturated rings. The second kappa shape index (κ2) is 6.19. The van der Waals surface area contributed by atoms with Crippen LogP contribution in [0.3, 0.4) is 0 Å². The minimum atomic E-state index is 0.0670. The summed E-state index contributed by atoms with van der Waals surface area (Å²) in [6, 6.07) is 27.9. The number of hydrogen-bond donors (Lipinski definition) is 0. The Morgan fingerprint density at radius 2 is 1.58 bits per heavy atom. The number of nitrogens with zero attached hydrogens (tertiary/aromatic N) is 1. The highest BCUT2D eigenvalue weighted by Crippen LogP contribution is 2.35. The number of alkyl halides is 1. The molecule has 126 valence electrons. The maximum absolute atomic E-state index is 6.41. The third kappa shape index (κ3) is 2.48. The van der Waals surface area contributed by atoms with Crippen molar-refractivity contribution in [3.8, 4) is 16.8 Å². The van der Waals surface area contributed by atoms with Gasteiger partial charge in [0.2, 0.25) is 0 Å². The van der Waals surface area contributed by atoms with Crippen LogP contribution in [0.5, 0.6) is 0 Å². The molecule has 0 aliphatic heterocycles. The topological polar surface area (TPSA) is 4.93 Å². The van der Waals surface area contributed by atoms with Gasteiger partial charge in [-0.3, -0.25) is 0 Å². The number of para-hydroxylation sites is 1. The quantitative estimate of drug-likeness (QED) is 0.363. The maximum Gasteiger partial charge on any atom is 0.0561 e. The number of halogens is 1. The molecule has 0 radical (unpaired) electrons. The standard InChI is InChI=1S/C24H18ClN/c25-19-13-14-24-22(16-19)21-11-4-5-12-23(21)26(24)20-10-6-9-18(15-20)17-7-2-1-3-8-17/h1-15,19H,16H2. The molecule has 3 aromatic carbocycles. The largest absolute Gasteiger partial charge is 0.310 e. The third-order valence-corrected chi connectivity index (χ3v) is 5.39. The molecule has 1 heterocycles. The highest BCUT2D eigenvalue weighted by atomic mass is 35.5. The van der Waals surface area contributed by atoms with Crippen LogP contribution < -0.4 is 0 Å². The molecule has 0 bridgehead atoms. The molecule has 0 amide bonds. The molecule has 1 nitrogen and oxygen atoms in total. The van der Waals surface area contributed by atoms with Crippen LogP contribution in [0.4, 0.5) is 0 Å². The minimum Gasteiger partial charge on any atom is -0.310 e. The van der Waals surface area contributed by atoms with E-state index in [2.05, 4.69) is 95.6 Å². The van der Waals surface area contributed by atoms with E-state index in [1.807, 2.05) is 0 Å². The summed E-state index contributed by atoms with van der Waals surface area (Å²) in [7, 11) is 0. The lowest BCUT2D eigenvalue weighted by Gasteiger charge is -2.15. The normalized spacial score (nSPS) is 16.0. The first kappa shape index (κ1) is 15.5. The molecule has 1 aliphatic rings. The SMILES string of the molecule is ClC1C=Cc2c(c3ccccc3n2-c2cccc(-c3ccccc3)c2)C1. The van der Waals surface area contributed by atoms with Gasteiger partial charge in [0.15, 0.2) is 0 Å². The van der Waals surface area contributed by atoms with E-state index >= 15 is 0 Å². The fourth-order valence-corrected chi connectivity index (χ4v) is 4.14. The first-order valence-electron chi connectivity index (χ1n) is 8.92. The van der Waals surface area contributed by atoms with E-state index in [4.69, 9.17) is 11.6 Å². The van der Waals surface area contributed by atoms with E-state index in [-0.39, 0.29) is 5.38 Å². The van der Waals surface area contributed by atoms with Crippen molar-refractivity contribution in [1.82, 2.24) is 4.57 Å². The zero-order chi connectivity index (χ0) is 17.5. The van der Waals surface area contributed by atoms with Gasteiger partial charge < -0.3 is 4.57 Å². The zero-order valence-corrected chi connectivity index (χ0v) is 15.0. The maximum atomic E-state index is 6.41. The van der Waals surface area contributed by atoms with E-state index in [1.165, 1.54) is 39.0 Å². The van der Waals surface area contributed by atoms with Crippen LogP contribution in [-0.2, 0) is 6.42 Å². The lowest BCUT2D eigenvalue weighted by atomic mass is 10.0. The van der Waals surface area contributed by atoms with Gasteiger partial charge in [0.25, 0.3) is 0 Å². The zero-order valence-electron chi connectivity index (χ0n) is 14.3. The van der Waals surface area contributed by atoms with Gasteiger partial charge in [-0.25, -0.2) is 0 Å². The van der Waals surface area contributed by atoms with Crippen molar-refractivity contribution in [2.45, 2.75) is 11.8 Å². The van der Waals surface area contributed by atoms with E-state index in [1.54, 1.807) is 0 Å². The summed E-state index contributed by atoms with van der Waals surface area (Å²) in [4.78, 5) is 0. The summed E-state index contributed by atoms with van der Waals surface area (Å²) in [5.41, 5.74) is 7.46. The Hall–Kier alpha value is -2.77. The molecule has 0 N–H and O–H groups in total. The Kier molecular flexibility index (Phi) is 3.69. The molecular formula is C24H18ClN. The molecule has 26 heavy (non-hydrogen) atoms. The second-order valence-electron chi connectivity index (χ2n) is 6.71. The molecule has 2 heteroatoms. The van der Waals surface area contributed by atoms with Gasteiger partial charge >= 0.3 is 0 Å². The summed E-state index contributed by atoms with van der Waals surface area (Å²) < 4.78 is 2.36. The van der Waals surface area contributed by atoms with Crippen molar-refractivity contribution in [3.05, 3.63) is 96.2 Å². The Balaban J connectivity index is 1.76. The molecular weight excluding hydrogens is 338 g/mol. The lowest BCUT2D eigenvalue weighted by Crippen LogP contribution is -2.07. The third-order valence-electron chi connectivity index (χ3n) is 5.09. The van der Waals surface area contributed by atoms with Crippen molar-refractivity contribution < 1.29 is 0 Å². The average molecular weight is 356 g/mol. The molecule has 1 atom stereocenters. The summed E-state index contributed by atoms with van der Waals surface area (Å²) in [5, 5.41) is 1.36. The van der Waals surface area contributed by atoms with Gasteiger partial charge in [0, 0.05) is 16.8 Å². The number of aromatic nitrogens is 1. The van der Waals surface area contributed by atoms with E-state index < -0.39 is 0 Å². The highest BCUT2D eigenvalue weighted by molar-refractivity contribution is 6.22. The summed E-state index contributed by atoms with van der Waals surface area (Å²) in [5.74, 6) is 0. The monoisotopic (exact) mass is 355 g/mol. The van der Waals surface area contributed by atoms with Crippen LogP contribution in [0, 0.1) is 0 Å². The number of benzene rings is 3. The van der Waals surface area contributed by atoms with Crippen LogP contribution >= 0.6 is 11.6 Å². The van der Waals surface area contributed by atoms with Gasteiger partial charge in [-0.2, -0.15) is 0 Å². The Morgan fingerprint density at radius 3 is 2.46 bits per heavy atom. The van der Waals surface area contributed by atoms with Gasteiger partial charge in [0.05, 0.1) is 10.9 Å². The van der Waals surface area contributed by atoms with E-state index in [9.17, 15) is 0 Å². The summed E-state index contributed by atoms with van der Waals surface area (Å²) in [6.45, 7) is 0. The molecule has 4 aromatic rings. The van der Waals surface area contributed by atoms with Gasteiger partial charge in [-0.15, -0.1) is 11.6 Å². The van der Waals surface area contributed by atoms with Gasteiger partial charge in [0.1, 0.15) is 0 Å². The van der Waals surface area contributed by atoms with Crippen LogP contribution in [-0.4, -0.2) is 9.94 Å². The Labute approximate surface area is 158 Å². The van der Waals surface area contributed by atoms with Crippen molar-refractivity contribution in [2.75, 3.05) is 0 Å². The summed E-state index contributed by atoms with van der Waals surface area (Å²) >= 11 is 6.41. The smallest absolute Gasteiger partial charge is 0.0561 e. The van der Waals surface area contributed by atoms with Crippen molar-refractivity contribution in [3.63, 3.8) is 0 Å². The van der Waals surface area contributed by atoms with Crippen molar-refractivity contribution >= 4 is 28.6 Å². The number of rotatable bonds is 2. The first-order chi connectivity index (χ1) is 12.8. The minimum absolute atomic E-state index is 0.0670. The molecule has 1 aromatic heterocycles. The predicted octanol–water partition coefficient (Wildman–Crippen LogP) is 6.47. The summed E-state index contributed by atoms with van der Waals surface area (Å²) in [6.07, 6.45) is 5.14. The Bertz CT molecular complexity index is 1120. The lowest BCUT2D eigenvalue weighted by molar-refractivity contribution is 0.974. The molecule has 0 saturated heterocycles. The molecule has 0 saturated carbocycles. The molecule has 1 aliphatic carbocycles. The highest BCUT2D eigenvalue weighted by Gasteiger charge is 2.21. The van der Waals surface area contributed by atoms with Gasteiger partial charge in [-0.05, 0) is 47.4 Å². The van der Waals surface area contributed by atoms with Crippen LogP contribution in [0.25, 0.3) is 33.8 Å². The number of fused-ring (bicyclic) bond motifs is 3. The van der Waals surface area contributed by atoms with Crippen molar-refractivity contribution in [1.29, 1.82) is 0 Å². The predicted molar refractivity (Wildman–Crippen MR) is 111 cm³/mol. The molecule has 1 unspecified atom stereocenters. The molecule has 0 spiro atoms. The van der Waals surface area contributed by atoms with Crippen molar-refractivity contribution in [2.24, 2.45) is 0 Å². The molecule has 5 rings (SSSR count). The van der Waals surface area contributed by atoms with Crippen LogP contribution in [0.1, 0.15) is 11.3 Å². The number of allylic oxidation sites excluding steroid dienone is 1. The van der Waals surface area contributed by atoms with Crippen LogP contribution in [0.2, 0.25) is 0 Å². The Morgan fingerprint density at radius 1 is 0.808 bits per heavy atom. The van der Waals surface area contributed by atoms with E-state index in [0.717, 1.165) is 6.42 Å². The van der Waals surface area contributed by atoms with Gasteiger partial charge in [-0.1, -0.05) is 66.7 Å². The van der Waals surface area contributed by atoms with Crippen LogP contribution in [0.15, 0.2) is 84.9 Å².